The van der Waals surface area contributed by atoms with Gasteiger partial charge in [-0.3, -0.25) is 4.90 Å². The van der Waals surface area contributed by atoms with Gasteiger partial charge in [0, 0.05) is 24.7 Å². The average molecular weight is 235 g/mol. The lowest BCUT2D eigenvalue weighted by molar-refractivity contribution is 0.182. The minimum absolute atomic E-state index is 0.227. The van der Waals surface area contributed by atoms with E-state index >= 15 is 0 Å². The largest absolute Gasteiger partial charge is 0.496 e. The fourth-order valence-corrected chi connectivity index (χ4v) is 2.21. The molecule has 0 amide bonds. The van der Waals surface area contributed by atoms with Gasteiger partial charge in [-0.2, -0.15) is 0 Å². The van der Waals surface area contributed by atoms with Crippen LogP contribution in [0.5, 0.6) is 5.75 Å². The van der Waals surface area contributed by atoms with Gasteiger partial charge in [-0.1, -0.05) is 17.7 Å². The minimum atomic E-state index is 0.227. The molecule has 1 aliphatic carbocycles. The van der Waals surface area contributed by atoms with Gasteiger partial charge in [-0.15, -0.1) is 0 Å². The van der Waals surface area contributed by atoms with Crippen molar-refractivity contribution in [1.29, 1.82) is 0 Å². The summed E-state index contributed by atoms with van der Waals surface area (Å²) in [6.07, 6.45) is 2.52. The van der Waals surface area contributed by atoms with Crippen molar-refractivity contribution in [3.63, 3.8) is 0 Å². The van der Waals surface area contributed by atoms with Gasteiger partial charge in [0.2, 0.25) is 0 Å². The van der Waals surface area contributed by atoms with Crippen LogP contribution in [-0.2, 0) is 6.54 Å². The van der Waals surface area contributed by atoms with Gasteiger partial charge in [0.05, 0.1) is 13.7 Å². The first-order valence-corrected chi connectivity index (χ1v) is 6.23. The molecule has 17 heavy (non-hydrogen) atoms. The van der Waals surface area contributed by atoms with Crippen molar-refractivity contribution in [2.24, 2.45) is 0 Å². The molecule has 0 bridgehead atoms. The molecule has 3 nitrogen and oxygen atoms in total. The van der Waals surface area contributed by atoms with Crippen LogP contribution in [-0.4, -0.2) is 36.3 Å². The first kappa shape index (κ1) is 12.4. The van der Waals surface area contributed by atoms with Crippen molar-refractivity contribution in [2.45, 2.75) is 32.4 Å². The highest BCUT2D eigenvalue weighted by molar-refractivity contribution is 5.36. The molecule has 1 aromatic carbocycles. The van der Waals surface area contributed by atoms with E-state index in [0.29, 0.717) is 6.04 Å². The topological polar surface area (TPSA) is 32.7 Å². The fourth-order valence-electron chi connectivity index (χ4n) is 2.21. The highest BCUT2D eigenvalue weighted by Gasteiger charge is 2.28. The van der Waals surface area contributed by atoms with Crippen LogP contribution in [0.3, 0.4) is 0 Å². The van der Waals surface area contributed by atoms with E-state index in [2.05, 4.69) is 24.0 Å². The summed E-state index contributed by atoms with van der Waals surface area (Å²) in [5.41, 5.74) is 2.47. The van der Waals surface area contributed by atoms with Crippen LogP contribution >= 0.6 is 0 Å². The summed E-state index contributed by atoms with van der Waals surface area (Å²) < 4.78 is 5.39. The van der Waals surface area contributed by atoms with E-state index in [-0.39, 0.29) is 6.61 Å². The molecule has 1 fully saturated rings. The Kier molecular flexibility index (Phi) is 4.02. The molecule has 2 rings (SSSR count). The zero-order valence-corrected chi connectivity index (χ0v) is 10.6. The number of hydrogen-bond acceptors (Lipinski definition) is 3. The first-order valence-electron chi connectivity index (χ1n) is 6.23. The monoisotopic (exact) mass is 235 g/mol. The Hall–Kier alpha value is -1.06. The number of benzene rings is 1. The lowest BCUT2D eigenvalue weighted by Gasteiger charge is -2.22. The maximum atomic E-state index is 9.10. The predicted octanol–water partition coefficient (Wildman–Crippen LogP) is 1.96. The molecule has 0 radical (unpaired) electrons. The average Bonchev–Trinajstić information content (AvgIpc) is 3.13. The van der Waals surface area contributed by atoms with Gasteiger partial charge in [0.25, 0.3) is 0 Å². The summed E-state index contributed by atoms with van der Waals surface area (Å²) in [5, 5.41) is 9.10. The molecule has 0 atom stereocenters. The van der Waals surface area contributed by atoms with Crippen LogP contribution in [0.4, 0.5) is 0 Å². The molecule has 0 aliphatic heterocycles. The van der Waals surface area contributed by atoms with Gasteiger partial charge in [-0.25, -0.2) is 0 Å². The van der Waals surface area contributed by atoms with Crippen molar-refractivity contribution in [2.75, 3.05) is 20.3 Å². The molecular formula is C14H21NO2. The van der Waals surface area contributed by atoms with E-state index in [0.717, 1.165) is 18.8 Å². The number of hydrogen-bond donors (Lipinski definition) is 1. The molecule has 0 aromatic heterocycles. The smallest absolute Gasteiger partial charge is 0.123 e. The molecule has 3 heteroatoms. The second kappa shape index (κ2) is 5.52. The Labute approximate surface area is 103 Å². The zero-order chi connectivity index (χ0) is 12.3. The molecule has 0 saturated heterocycles. The molecule has 0 spiro atoms. The summed E-state index contributed by atoms with van der Waals surface area (Å²) in [5.74, 6) is 0.944. The lowest BCUT2D eigenvalue weighted by atomic mass is 10.1. The molecule has 0 unspecified atom stereocenters. The van der Waals surface area contributed by atoms with Crippen molar-refractivity contribution in [3.05, 3.63) is 29.3 Å². The molecule has 1 aliphatic rings. The van der Waals surface area contributed by atoms with E-state index < -0.39 is 0 Å². The summed E-state index contributed by atoms with van der Waals surface area (Å²) in [4.78, 5) is 2.34. The molecule has 0 heterocycles. The number of nitrogens with zero attached hydrogens (tertiary/aromatic N) is 1. The number of ether oxygens (including phenoxy) is 1. The third-order valence-electron chi connectivity index (χ3n) is 3.26. The van der Waals surface area contributed by atoms with Crippen molar-refractivity contribution in [3.8, 4) is 5.75 Å². The van der Waals surface area contributed by atoms with Crippen LogP contribution in [0.1, 0.15) is 24.0 Å². The van der Waals surface area contributed by atoms with Crippen LogP contribution < -0.4 is 4.74 Å². The number of aliphatic hydroxyl groups excluding tert-OH is 1. The maximum absolute atomic E-state index is 9.10. The number of methoxy groups -OCH3 is 1. The van der Waals surface area contributed by atoms with Crippen LogP contribution in [0.2, 0.25) is 0 Å². The Balaban J connectivity index is 2.11. The van der Waals surface area contributed by atoms with Crippen LogP contribution in [0.15, 0.2) is 18.2 Å². The molecule has 94 valence electrons. The van der Waals surface area contributed by atoms with Crippen LogP contribution in [0.25, 0.3) is 0 Å². The van der Waals surface area contributed by atoms with Crippen LogP contribution in [0, 0.1) is 6.92 Å². The standard InChI is InChI=1S/C14H21NO2/c1-11-3-6-14(17-2)12(9-11)10-15(7-8-16)13-4-5-13/h3,6,9,13,16H,4-5,7-8,10H2,1-2H3. The van der Waals surface area contributed by atoms with Gasteiger partial charge in [0.15, 0.2) is 0 Å². The van der Waals surface area contributed by atoms with Crippen molar-refractivity contribution >= 4 is 0 Å². The number of aryl methyl sites for hydroxylation is 1. The van der Waals surface area contributed by atoms with Gasteiger partial charge < -0.3 is 9.84 Å². The highest BCUT2D eigenvalue weighted by Crippen LogP contribution is 2.30. The van der Waals surface area contributed by atoms with E-state index in [9.17, 15) is 0 Å². The Morgan fingerprint density at radius 2 is 2.18 bits per heavy atom. The van der Waals surface area contributed by atoms with Crippen molar-refractivity contribution in [1.82, 2.24) is 4.90 Å². The highest BCUT2D eigenvalue weighted by atomic mass is 16.5. The lowest BCUT2D eigenvalue weighted by Crippen LogP contribution is -2.28. The first-order chi connectivity index (χ1) is 8.24. The van der Waals surface area contributed by atoms with E-state index in [4.69, 9.17) is 9.84 Å². The fraction of sp³-hybridized carbons (Fsp3) is 0.571. The summed E-state index contributed by atoms with van der Waals surface area (Å²) in [7, 11) is 1.71. The van der Waals surface area contributed by atoms with Crippen molar-refractivity contribution < 1.29 is 9.84 Å². The van der Waals surface area contributed by atoms with Gasteiger partial charge in [0.1, 0.15) is 5.75 Å². The van der Waals surface area contributed by atoms with Gasteiger partial charge >= 0.3 is 0 Å². The third-order valence-corrected chi connectivity index (χ3v) is 3.26. The molecular weight excluding hydrogens is 214 g/mol. The van der Waals surface area contributed by atoms with E-state index in [1.54, 1.807) is 7.11 Å². The normalized spacial score (nSPS) is 15.3. The summed E-state index contributed by atoms with van der Waals surface area (Å²) >= 11 is 0. The maximum Gasteiger partial charge on any atom is 0.123 e. The summed E-state index contributed by atoms with van der Waals surface area (Å²) in [6.45, 7) is 3.94. The minimum Gasteiger partial charge on any atom is -0.496 e. The van der Waals surface area contributed by atoms with Gasteiger partial charge in [-0.05, 0) is 25.8 Å². The Morgan fingerprint density at radius 3 is 2.76 bits per heavy atom. The Morgan fingerprint density at radius 1 is 1.41 bits per heavy atom. The quantitative estimate of drug-likeness (QED) is 0.818. The number of rotatable bonds is 6. The number of aliphatic hydroxyl groups is 1. The third kappa shape index (κ3) is 3.20. The summed E-state index contributed by atoms with van der Waals surface area (Å²) in [6, 6.07) is 6.92. The molecule has 1 saturated carbocycles. The SMILES string of the molecule is COc1ccc(C)cc1CN(CCO)C1CC1. The predicted molar refractivity (Wildman–Crippen MR) is 68.2 cm³/mol. The molecule has 1 aromatic rings. The second-order valence-corrected chi connectivity index (χ2v) is 4.74. The Bertz CT molecular complexity index is 374. The second-order valence-electron chi connectivity index (χ2n) is 4.74. The van der Waals surface area contributed by atoms with E-state index in [1.807, 2.05) is 6.07 Å². The molecule has 1 N–H and O–H groups in total. The van der Waals surface area contributed by atoms with E-state index in [1.165, 1.54) is 24.0 Å². The zero-order valence-electron chi connectivity index (χ0n) is 10.6.